The van der Waals surface area contributed by atoms with E-state index in [4.69, 9.17) is 4.99 Å². The summed E-state index contributed by atoms with van der Waals surface area (Å²) in [6.07, 6.45) is 0. The molecule has 0 spiro atoms. The summed E-state index contributed by atoms with van der Waals surface area (Å²) in [4.78, 5) is 5.81. The van der Waals surface area contributed by atoms with Crippen LogP contribution in [0.2, 0.25) is 0 Å². The lowest BCUT2D eigenvalue weighted by atomic mass is 9.83. The molecular weight excluding hydrogens is 811 g/mol. The Balaban J connectivity index is 1.34. The van der Waals surface area contributed by atoms with Gasteiger partial charge in [-0.05, 0) is 90.0 Å². The third kappa shape index (κ3) is 6.94. The number of hydrogen-bond donors (Lipinski definition) is 0. The van der Waals surface area contributed by atoms with Gasteiger partial charge in [0, 0.05) is 50.0 Å². The number of fused-ring (bicyclic) bond motifs is 3. The van der Waals surface area contributed by atoms with E-state index in [0.717, 1.165) is 88.9 Å². The van der Waals surface area contributed by atoms with Crippen molar-refractivity contribution in [3.8, 4) is 28.1 Å². The van der Waals surface area contributed by atoms with E-state index in [2.05, 4.69) is 128 Å². The van der Waals surface area contributed by atoms with Crippen molar-refractivity contribution in [2.24, 2.45) is 4.99 Å². The fraction of sp³-hybridized carbons (Fsp3) is 0.0500. The summed E-state index contributed by atoms with van der Waals surface area (Å²) >= 11 is 0. The maximum atomic E-state index is 16.5. The standard InChI is InChI=1S/C60H44BF2N3/c1-39-35-40(2)54(41(3)36-39)57(60-50(42-21-9-4-10-22-42)38-52(66(60)61(62)63)43-23-11-5-12-24-43)59-55(44-25-13-6-14-26-44)56(58(64-59)45-27-15-7-16-28-45)46-33-34-49-48-31-19-20-32-51(48)65(53(49)37-46)47-29-17-8-18-30-47/h4-38H,1-3H3/b59-57-. The van der Waals surface area contributed by atoms with Gasteiger partial charge in [-0.3, -0.25) is 8.63 Å². The molecule has 8 aromatic carbocycles. The molecule has 0 saturated carbocycles. The molecule has 0 saturated heterocycles. The van der Waals surface area contributed by atoms with Crippen LogP contribution in [0.15, 0.2) is 223 Å². The highest BCUT2D eigenvalue weighted by Gasteiger charge is 2.37. The SMILES string of the molecule is Cc1cc(C)c(/C(=C2/N=C(c3ccccc3)C(c3ccc4c5ccccc5n(-c5ccccc5)c4c3)=C2c2ccccc2)c2c(-c3ccccc3)cc(-c3ccccc3)n2B(F)F)c(C)c1. The van der Waals surface area contributed by atoms with Crippen molar-refractivity contribution < 1.29 is 8.63 Å². The first-order valence-corrected chi connectivity index (χ1v) is 22.4. The molecule has 0 N–H and O–H groups in total. The van der Waals surface area contributed by atoms with E-state index in [9.17, 15) is 0 Å². The van der Waals surface area contributed by atoms with Crippen LogP contribution in [0.4, 0.5) is 8.63 Å². The van der Waals surface area contributed by atoms with Crippen LogP contribution in [0, 0.1) is 20.8 Å². The Morgan fingerprint density at radius 1 is 0.470 bits per heavy atom. The van der Waals surface area contributed by atoms with Crippen molar-refractivity contribution in [1.29, 1.82) is 0 Å². The molecule has 6 heteroatoms. The molecule has 0 amide bonds. The second kappa shape index (κ2) is 16.8. The maximum absolute atomic E-state index is 16.5. The van der Waals surface area contributed by atoms with Crippen molar-refractivity contribution >= 4 is 51.6 Å². The molecular formula is C60H44BF2N3. The monoisotopic (exact) mass is 855 g/mol. The van der Waals surface area contributed by atoms with Gasteiger partial charge in [0.2, 0.25) is 0 Å². The maximum Gasteiger partial charge on any atom is 0.678 e. The number of benzene rings is 8. The lowest BCUT2D eigenvalue weighted by molar-refractivity contribution is 0.630. The zero-order valence-electron chi connectivity index (χ0n) is 36.9. The highest BCUT2D eigenvalue weighted by atomic mass is 19.2. The molecule has 0 bridgehead atoms. The smallest absolute Gasteiger partial charge is 0.324 e. The van der Waals surface area contributed by atoms with Crippen LogP contribution in [-0.2, 0) is 0 Å². The molecule has 0 radical (unpaired) electrons. The average Bonchev–Trinajstić information content (AvgIpc) is 4.05. The minimum Gasteiger partial charge on any atom is -0.324 e. The summed E-state index contributed by atoms with van der Waals surface area (Å²) < 4.78 is 36.6. The van der Waals surface area contributed by atoms with Crippen molar-refractivity contribution in [2.75, 3.05) is 0 Å². The van der Waals surface area contributed by atoms with Gasteiger partial charge >= 0.3 is 7.40 Å². The molecule has 0 atom stereocenters. The zero-order valence-corrected chi connectivity index (χ0v) is 36.9. The summed E-state index contributed by atoms with van der Waals surface area (Å²) in [6.45, 7) is 6.26. The molecule has 1 aliphatic rings. The Morgan fingerprint density at radius 3 is 1.62 bits per heavy atom. The van der Waals surface area contributed by atoms with Crippen molar-refractivity contribution in [3.63, 3.8) is 0 Å². The molecule has 2 aromatic heterocycles. The van der Waals surface area contributed by atoms with Crippen molar-refractivity contribution in [1.82, 2.24) is 9.05 Å². The molecule has 66 heavy (non-hydrogen) atoms. The van der Waals surface area contributed by atoms with Gasteiger partial charge < -0.3 is 9.05 Å². The lowest BCUT2D eigenvalue weighted by Crippen LogP contribution is -2.19. The fourth-order valence-corrected chi connectivity index (χ4v) is 10.2. The number of aromatic nitrogens is 2. The van der Waals surface area contributed by atoms with E-state index < -0.39 is 7.40 Å². The first kappa shape index (κ1) is 40.7. The second-order valence-electron chi connectivity index (χ2n) is 17.0. The summed E-state index contributed by atoms with van der Waals surface area (Å²) in [5, 5.41) is 2.29. The number of nitrogens with zero attached hydrogens (tertiary/aromatic N) is 3. The topological polar surface area (TPSA) is 22.2 Å². The number of rotatable bonds is 9. The van der Waals surface area contributed by atoms with Gasteiger partial charge in [-0.1, -0.05) is 188 Å². The Morgan fingerprint density at radius 2 is 1.00 bits per heavy atom. The number of hydrogen-bond acceptors (Lipinski definition) is 1. The average molecular weight is 856 g/mol. The minimum absolute atomic E-state index is 0.408. The predicted molar refractivity (Wildman–Crippen MR) is 272 cm³/mol. The summed E-state index contributed by atoms with van der Waals surface area (Å²) in [5.41, 5.74) is 16.9. The fourth-order valence-electron chi connectivity index (χ4n) is 10.2. The van der Waals surface area contributed by atoms with E-state index in [1.165, 1.54) is 4.48 Å². The molecule has 0 aliphatic carbocycles. The second-order valence-corrected chi connectivity index (χ2v) is 17.0. The highest BCUT2D eigenvalue weighted by Crippen LogP contribution is 2.50. The number of halogens is 2. The number of aryl methyl sites for hydroxylation is 3. The zero-order chi connectivity index (χ0) is 44.9. The third-order valence-electron chi connectivity index (χ3n) is 12.8. The van der Waals surface area contributed by atoms with Crippen LogP contribution in [0.5, 0.6) is 0 Å². The van der Waals surface area contributed by atoms with Gasteiger partial charge in [-0.15, -0.1) is 0 Å². The molecule has 3 heterocycles. The van der Waals surface area contributed by atoms with E-state index in [-0.39, 0.29) is 0 Å². The lowest BCUT2D eigenvalue weighted by Gasteiger charge is -2.22. The number of para-hydroxylation sites is 2. The largest absolute Gasteiger partial charge is 0.678 e. The number of allylic oxidation sites excluding steroid dienone is 2. The van der Waals surface area contributed by atoms with E-state index in [0.29, 0.717) is 33.8 Å². The van der Waals surface area contributed by atoms with Crippen molar-refractivity contribution in [2.45, 2.75) is 20.8 Å². The Kier molecular flexibility index (Phi) is 10.4. The normalized spacial score (nSPS) is 13.4. The highest BCUT2D eigenvalue weighted by molar-refractivity contribution is 6.44. The van der Waals surface area contributed by atoms with Gasteiger partial charge in [-0.25, -0.2) is 4.99 Å². The van der Waals surface area contributed by atoms with Gasteiger partial charge in [0.25, 0.3) is 0 Å². The molecule has 316 valence electrons. The Labute approximate surface area is 384 Å². The summed E-state index contributed by atoms with van der Waals surface area (Å²) in [5.74, 6) is 0. The molecule has 11 rings (SSSR count). The Hall–Kier alpha value is -8.09. The minimum atomic E-state index is -2.89. The van der Waals surface area contributed by atoms with Gasteiger partial charge in [0.05, 0.1) is 28.1 Å². The van der Waals surface area contributed by atoms with E-state index in [1.54, 1.807) is 0 Å². The van der Waals surface area contributed by atoms with Crippen LogP contribution in [-0.4, -0.2) is 22.2 Å². The van der Waals surface area contributed by atoms with E-state index >= 15 is 8.63 Å². The molecule has 3 nitrogen and oxygen atoms in total. The molecule has 0 unspecified atom stereocenters. The summed E-state index contributed by atoms with van der Waals surface area (Å²) in [7, 11) is -2.89. The van der Waals surface area contributed by atoms with Crippen molar-refractivity contribution in [3.05, 3.63) is 263 Å². The first-order valence-electron chi connectivity index (χ1n) is 22.4. The quantitative estimate of drug-likeness (QED) is 0.129. The van der Waals surface area contributed by atoms with Crippen LogP contribution < -0.4 is 0 Å². The van der Waals surface area contributed by atoms with E-state index in [1.807, 2.05) is 109 Å². The predicted octanol–water partition coefficient (Wildman–Crippen LogP) is 15.5. The van der Waals surface area contributed by atoms with Crippen LogP contribution in [0.1, 0.15) is 44.6 Å². The van der Waals surface area contributed by atoms with Gasteiger partial charge in [0.1, 0.15) is 0 Å². The molecule has 1 aliphatic heterocycles. The van der Waals surface area contributed by atoms with Crippen LogP contribution in [0.25, 0.3) is 66.6 Å². The summed E-state index contributed by atoms with van der Waals surface area (Å²) in [6, 6.07) is 72.0. The first-order chi connectivity index (χ1) is 32.4. The Bertz CT molecular complexity index is 3530. The molecule has 10 aromatic rings. The third-order valence-corrected chi connectivity index (χ3v) is 12.8. The van der Waals surface area contributed by atoms with Crippen LogP contribution in [0.3, 0.4) is 0 Å². The van der Waals surface area contributed by atoms with Gasteiger partial charge in [-0.2, -0.15) is 0 Å². The van der Waals surface area contributed by atoms with Gasteiger partial charge in [0.15, 0.2) is 0 Å². The van der Waals surface area contributed by atoms with Crippen LogP contribution >= 0.6 is 0 Å². The molecule has 0 fully saturated rings. The number of aliphatic imine (C=N–C) groups is 1.